The molecule has 0 atom stereocenters. The van der Waals surface area contributed by atoms with E-state index in [9.17, 15) is 4.39 Å². The lowest BCUT2D eigenvalue weighted by Gasteiger charge is -2.28. The Morgan fingerprint density at radius 3 is 2.53 bits per heavy atom. The monoisotopic (exact) mass is 237 g/mol. The molecular formula is C13H16FNO2. The number of benzene rings is 1. The molecule has 1 aromatic carbocycles. The number of hydrogen-bond donors (Lipinski definition) is 1. The lowest BCUT2D eigenvalue weighted by molar-refractivity contribution is 0.161. The summed E-state index contributed by atoms with van der Waals surface area (Å²) in [6, 6.07) is 3.34. The molecule has 17 heavy (non-hydrogen) atoms. The van der Waals surface area contributed by atoms with Crippen molar-refractivity contribution >= 4 is 0 Å². The second-order valence-corrected chi connectivity index (χ2v) is 4.52. The van der Waals surface area contributed by atoms with Gasteiger partial charge in [-0.3, -0.25) is 0 Å². The van der Waals surface area contributed by atoms with Crippen molar-refractivity contribution in [1.29, 1.82) is 0 Å². The van der Waals surface area contributed by atoms with E-state index in [1.54, 1.807) is 0 Å². The molecule has 0 amide bonds. The molecule has 92 valence electrons. The first kappa shape index (κ1) is 10.8. The molecule has 3 rings (SSSR count). The Morgan fingerprint density at radius 1 is 1.06 bits per heavy atom. The van der Waals surface area contributed by atoms with Crippen molar-refractivity contribution in [3.05, 3.63) is 23.5 Å². The van der Waals surface area contributed by atoms with Crippen LogP contribution in [0.1, 0.15) is 24.3 Å². The zero-order chi connectivity index (χ0) is 11.7. The molecular weight excluding hydrogens is 221 g/mol. The Labute approximate surface area is 99.9 Å². The van der Waals surface area contributed by atoms with Crippen molar-refractivity contribution in [2.24, 2.45) is 0 Å². The van der Waals surface area contributed by atoms with Crippen LogP contribution in [0.25, 0.3) is 0 Å². The minimum absolute atomic E-state index is 0.298. The summed E-state index contributed by atoms with van der Waals surface area (Å²) in [6.07, 6.45) is 2.14. The summed E-state index contributed by atoms with van der Waals surface area (Å²) in [5.41, 5.74) is 1.10. The van der Waals surface area contributed by atoms with E-state index in [2.05, 4.69) is 5.32 Å². The molecule has 0 unspecified atom stereocenters. The van der Waals surface area contributed by atoms with Gasteiger partial charge in [0.1, 0.15) is 13.2 Å². The van der Waals surface area contributed by atoms with Crippen LogP contribution in [0.15, 0.2) is 12.1 Å². The molecule has 4 heteroatoms. The van der Waals surface area contributed by atoms with Gasteiger partial charge in [-0.25, -0.2) is 4.39 Å². The van der Waals surface area contributed by atoms with Gasteiger partial charge in [-0.2, -0.15) is 0 Å². The largest absolute Gasteiger partial charge is 0.486 e. The second-order valence-electron chi connectivity index (χ2n) is 4.52. The third-order valence-corrected chi connectivity index (χ3v) is 3.45. The summed E-state index contributed by atoms with van der Waals surface area (Å²) in [5, 5.41) is 3.33. The molecule has 2 heterocycles. The Kier molecular flexibility index (Phi) is 2.89. The van der Waals surface area contributed by atoms with E-state index in [0.717, 1.165) is 31.5 Å². The third-order valence-electron chi connectivity index (χ3n) is 3.45. The molecule has 0 aliphatic carbocycles. The quantitative estimate of drug-likeness (QED) is 0.811. The maximum atomic E-state index is 13.6. The number of rotatable bonds is 1. The lowest BCUT2D eigenvalue weighted by Crippen LogP contribution is -2.27. The van der Waals surface area contributed by atoms with Crippen molar-refractivity contribution in [1.82, 2.24) is 5.32 Å². The molecule has 3 nitrogen and oxygen atoms in total. The number of ether oxygens (including phenoxy) is 2. The van der Waals surface area contributed by atoms with Gasteiger partial charge in [-0.1, -0.05) is 6.07 Å². The molecule has 0 bridgehead atoms. The fourth-order valence-electron chi connectivity index (χ4n) is 2.58. The minimum atomic E-state index is -0.322. The standard InChI is InChI=1S/C13H16FNO2/c14-11-2-1-10(9-3-5-15-6-4-9)12-13(11)17-8-7-16-12/h1-2,9,15H,3-8H2. The fraction of sp³-hybridized carbons (Fsp3) is 0.538. The van der Waals surface area contributed by atoms with Gasteiger partial charge >= 0.3 is 0 Å². The fourth-order valence-corrected chi connectivity index (χ4v) is 2.58. The van der Waals surface area contributed by atoms with Gasteiger partial charge in [0, 0.05) is 5.56 Å². The van der Waals surface area contributed by atoms with Gasteiger partial charge in [0.15, 0.2) is 17.3 Å². The van der Waals surface area contributed by atoms with Crippen LogP contribution in [0.3, 0.4) is 0 Å². The van der Waals surface area contributed by atoms with Crippen LogP contribution < -0.4 is 14.8 Å². The first-order chi connectivity index (χ1) is 8.36. The molecule has 0 radical (unpaired) electrons. The average molecular weight is 237 g/mol. The van der Waals surface area contributed by atoms with Crippen molar-refractivity contribution in [2.75, 3.05) is 26.3 Å². The van der Waals surface area contributed by atoms with Gasteiger partial charge in [-0.05, 0) is 37.9 Å². The van der Waals surface area contributed by atoms with Crippen molar-refractivity contribution < 1.29 is 13.9 Å². The van der Waals surface area contributed by atoms with Crippen molar-refractivity contribution in [2.45, 2.75) is 18.8 Å². The van der Waals surface area contributed by atoms with Gasteiger partial charge in [-0.15, -0.1) is 0 Å². The Balaban J connectivity index is 1.98. The zero-order valence-electron chi connectivity index (χ0n) is 9.67. The summed E-state index contributed by atoms with van der Waals surface area (Å²) in [5.74, 6) is 1.06. The predicted octanol–water partition coefficient (Wildman–Crippen LogP) is 2.06. The van der Waals surface area contributed by atoms with E-state index >= 15 is 0 Å². The molecule has 0 aromatic heterocycles. The summed E-state index contributed by atoms with van der Waals surface area (Å²) in [7, 11) is 0. The van der Waals surface area contributed by atoms with Crippen LogP contribution in [0.2, 0.25) is 0 Å². The Hall–Kier alpha value is -1.29. The number of nitrogens with one attached hydrogen (secondary N) is 1. The molecule has 2 aliphatic heterocycles. The Bertz CT molecular complexity index is 416. The van der Waals surface area contributed by atoms with Gasteiger partial charge in [0.05, 0.1) is 0 Å². The molecule has 1 N–H and O–H groups in total. The van der Waals surface area contributed by atoms with Crippen LogP contribution >= 0.6 is 0 Å². The summed E-state index contributed by atoms with van der Waals surface area (Å²) >= 11 is 0. The summed E-state index contributed by atoms with van der Waals surface area (Å²) in [4.78, 5) is 0. The second kappa shape index (κ2) is 4.53. The normalized spacial score (nSPS) is 20.3. The van der Waals surface area contributed by atoms with Crippen molar-refractivity contribution in [3.63, 3.8) is 0 Å². The highest BCUT2D eigenvalue weighted by molar-refractivity contribution is 5.50. The van der Waals surface area contributed by atoms with E-state index < -0.39 is 0 Å². The number of fused-ring (bicyclic) bond motifs is 1. The topological polar surface area (TPSA) is 30.5 Å². The number of hydrogen-bond acceptors (Lipinski definition) is 3. The highest BCUT2D eigenvalue weighted by Crippen LogP contribution is 2.42. The highest BCUT2D eigenvalue weighted by Gasteiger charge is 2.25. The minimum Gasteiger partial charge on any atom is -0.486 e. The first-order valence-electron chi connectivity index (χ1n) is 6.15. The van der Waals surface area contributed by atoms with E-state index in [1.807, 2.05) is 6.07 Å². The SMILES string of the molecule is Fc1ccc(C2CCNCC2)c2c1OCCO2. The molecule has 0 saturated carbocycles. The Morgan fingerprint density at radius 2 is 1.76 bits per heavy atom. The van der Waals surface area contributed by atoms with Gasteiger partial charge in [0.25, 0.3) is 0 Å². The van der Waals surface area contributed by atoms with Gasteiger partial charge < -0.3 is 14.8 Å². The van der Waals surface area contributed by atoms with Crippen LogP contribution in [0.4, 0.5) is 4.39 Å². The van der Waals surface area contributed by atoms with Crippen LogP contribution in [-0.4, -0.2) is 26.3 Å². The van der Waals surface area contributed by atoms with E-state index in [1.165, 1.54) is 6.07 Å². The highest BCUT2D eigenvalue weighted by atomic mass is 19.1. The maximum Gasteiger partial charge on any atom is 0.197 e. The number of piperidine rings is 1. The molecule has 0 spiro atoms. The first-order valence-corrected chi connectivity index (χ1v) is 6.15. The van der Waals surface area contributed by atoms with Crippen molar-refractivity contribution in [3.8, 4) is 11.5 Å². The van der Waals surface area contributed by atoms with E-state index in [4.69, 9.17) is 9.47 Å². The van der Waals surface area contributed by atoms with E-state index in [0.29, 0.717) is 30.6 Å². The van der Waals surface area contributed by atoms with Crippen LogP contribution in [0.5, 0.6) is 11.5 Å². The molecule has 2 aliphatic rings. The summed E-state index contributed by atoms with van der Waals surface area (Å²) < 4.78 is 24.6. The van der Waals surface area contributed by atoms with Crippen LogP contribution in [-0.2, 0) is 0 Å². The predicted molar refractivity (Wildman–Crippen MR) is 62.2 cm³/mol. The summed E-state index contributed by atoms with van der Waals surface area (Å²) in [6.45, 7) is 2.96. The van der Waals surface area contributed by atoms with Crippen LogP contribution in [0, 0.1) is 5.82 Å². The smallest absolute Gasteiger partial charge is 0.197 e. The maximum absolute atomic E-state index is 13.6. The lowest BCUT2D eigenvalue weighted by atomic mass is 9.89. The zero-order valence-corrected chi connectivity index (χ0v) is 9.67. The molecule has 1 aromatic rings. The third kappa shape index (κ3) is 1.97. The molecule has 1 fully saturated rings. The van der Waals surface area contributed by atoms with E-state index in [-0.39, 0.29) is 5.82 Å². The van der Waals surface area contributed by atoms with Gasteiger partial charge in [0.2, 0.25) is 0 Å². The number of halogens is 1. The molecule has 1 saturated heterocycles. The average Bonchev–Trinajstić information content (AvgIpc) is 2.41.